The van der Waals surface area contributed by atoms with E-state index >= 15 is 0 Å². The molecule has 0 saturated carbocycles. The normalized spacial score (nSPS) is 15.2. The fourth-order valence-corrected chi connectivity index (χ4v) is 3.42. The van der Waals surface area contributed by atoms with Gasteiger partial charge in [0.05, 0.1) is 23.7 Å². The Morgan fingerprint density at radius 2 is 1.82 bits per heavy atom. The highest BCUT2D eigenvalue weighted by atomic mass is 35.5. The van der Waals surface area contributed by atoms with Gasteiger partial charge in [0.1, 0.15) is 0 Å². The first-order chi connectivity index (χ1) is 13.5. The number of nitrogens with zero attached hydrogens (tertiary/aromatic N) is 1. The molecular weight excluding hydrogens is 400 g/mol. The summed E-state index contributed by atoms with van der Waals surface area (Å²) >= 11 is 6.75. The Bertz CT molecular complexity index is 926. The second kappa shape index (κ2) is 8.95. The number of carbonyl (C=O) groups excluding carboxylic acids is 3. The minimum atomic E-state index is -0.396. The summed E-state index contributed by atoms with van der Waals surface area (Å²) in [6.45, 7) is 2.08. The van der Waals surface area contributed by atoms with E-state index in [-0.39, 0.29) is 17.8 Å². The van der Waals surface area contributed by atoms with Gasteiger partial charge in [-0.05, 0) is 66.7 Å². The molecule has 1 aliphatic heterocycles. The van der Waals surface area contributed by atoms with Gasteiger partial charge in [0.2, 0.25) is 0 Å². The highest BCUT2D eigenvalue weighted by Gasteiger charge is 2.34. The molecule has 144 valence electrons. The van der Waals surface area contributed by atoms with Crippen molar-refractivity contribution in [3.8, 4) is 0 Å². The number of thioether (sulfide) groups is 1. The molecule has 1 heterocycles. The third kappa shape index (κ3) is 4.74. The zero-order valence-electron chi connectivity index (χ0n) is 15.0. The Balaban J connectivity index is 1.63. The molecule has 0 radical (unpaired) electrons. The quantitative estimate of drug-likeness (QED) is 0.547. The number of carbonyl (C=O) groups is 3. The summed E-state index contributed by atoms with van der Waals surface area (Å²) in [5, 5.41) is 3.27. The van der Waals surface area contributed by atoms with Gasteiger partial charge in [-0.2, -0.15) is 0 Å². The van der Waals surface area contributed by atoms with Crippen LogP contribution in [0.1, 0.15) is 22.8 Å². The molecule has 0 atom stereocenters. The number of hydrogen-bond acceptors (Lipinski definition) is 6. The van der Waals surface area contributed by atoms with Crippen molar-refractivity contribution in [1.82, 2.24) is 4.90 Å². The maximum Gasteiger partial charge on any atom is 0.338 e. The molecule has 0 spiro atoms. The standard InChI is InChI=1S/C20H17ClN2O4S/c1-2-27-19(25)14-5-9-16(10-6-14)22-12-23-18(24)17(28-20(23)26)11-13-3-7-15(21)8-4-13/h3-11,22H,2,12H2,1H3/b17-11+. The summed E-state index contributed by atoms with van der Waals surface area (Å²) in [4.78, 5) is 37.8. The van der Waals surface area contributed by atoms with Gasteiger partial charge in [-0.15, -0.1) is 0 Å². The van der Waals surface area contributed by atoms with Gasteiger partial charge in [-0.3, -0.25) is 14.5 Å². The van der Waals surface area contributed by atoms with Crippen molar-refractivity contribution in [1.29, 1.82) is 0 Å². The predicted octanol–water partition coefficient (Wildman–Crippen LogP) is 4.62. The van der Waals surface area contributed by atoms with Gasteiger partial charge in [0.15, 0.2) is 0 Å². The first kappa shape index (κ1) is 20.0. The number of esters is 1. The van der Waals surface area contributed by atoms with Crippen LogP contribution in [0.3, 0.4) is 0 Å². The van der Waals surface area contributed by atoms with E-state index < -0.39 is 5.97 Å². The Morgan fingerprint density at radius 3 is 2.46 bits per heavy atom. The van der Waals surface area contributed by atoms with E-state index in [0.717, 1.165) is 22.2 Å². The molecule has 28 heavy (non-hydrogen) atoms. The third-order valence-corrected chi connectivity index (χ3v) is 5.04. The monoisotopic (exact) mass is 416 g/mol. The largest absolute Gasteiger partial charge is 0.462 e. The lowest BCUT2D eigenvalue weighted by atomic mass is 10.2. The Labute approximate surface area is 171 Å². The molecule has 8 heteroatoms. The van der Waals surface area contributed by atoms with E-state index in [9.17, 15) is 14.4 Å². The van der Waals surface area contributed by atoms with Gasteiger partial charge in [-0.25, -0.2) is 4.79 Å². The zero-order valence-corrected chi connectivity index (χ0v) is 16.5. The van der Waals surface area contributed by atoms with E-state index in [2.05, 4.69) is 5.32 Å². The van der Waals surface area contributed by atoms with E-state index in [1.807, 2.05) is 0 Å². The minimum absolute atomic E-state index is 0.0291. The van der Waals surface area contributed by atoms with Crippen LogP contribution < -0.4 is 5.32 Å². The number of nitrogens with one attached hydrogen (secondary N) is 1. The molecule has 0 aliphatic carbocycles. The molecule has 2 aromatic rings. The molecule has 2 amide bonds. The number of amides is 2. The first-order valence-corrected chi connectivity index (χ1v) is 9.69. The molecule has 6 nitrogen and oxygen atoms in total. The molecule has 0 aromatic heterocycles. The number of rotatable bonds is 6. The minimum Gasteiger partial charge on any atom is -0.462 e. The van der Waals surface area contributed by atoms with Crippen LogP contribution in [0.25, 0.3) is 6.08 Å². The molecule has 1 fully saturated rings. The summed E-state index contributed by atoms with van der Waals surface area (Å²) < 4.78 is 4.93. The third-order valence-electron chi connectivity index (χ3n) is 3.88. The zero-order chi connectivity index (χ0) is 20.1. The highest BCUT2D eigenvalue weighted by molar-refractivity contribution is 8.18. The number of anilines is 1. The Morgan fingerprint density at radius 1 is 1.14 bits per heavy atom. The van der Waals surface area contributed by atoms with Crippen LogP contribution in [0.15, 0.2) is 53.4 Å². The van der Waals surface area contributed by atoms with Crippen molar-refractivity contribution in [3.63, 3.8) is 0 Å². The highest BCUT2D eigenvalue weighted by Crippen LogP contribution is 2.32. The molecule has 1 saturated heterocycles. The second-order valence-electron chi connectivity index (χ2n) is 5.79. The van der Waals surface area contributed by atoms with Crippen LogP contribution >= 0.6 is 23.4 Å². The van der Waals surface area contributed by atoms with Gasteiger partial charge < -0.3 is 10.1 Å². The van der Waals surface area contributed by atoms with Crippen molar-refractivity contribution in [2.24, 2.45) is 0 Å². The first-order valence-electron chi connectivity index (χ1n) is 8.50. The van der Waals surface area contributed by atoms with Crippen LogP contribution in [-0.4, -0.2) is 35.3 Å². The van der Waals surface area contributed by atoms with Crippen molar-refractivity contribution >= 4 is 52.2 Å². The van der Waals surface area contributed by atoms with E-state index in [4.69, 9.17) is 16.3 Å². The maximum atomic E-state index is 12.5. The molecular formula is C20H17ClN2O4S. The number of hydrogen-bond donors (Lipinski definition) is 1. The molecule has 0 unspecified atom stereocenters. The molecule has 1 aliphatic rings. The van der Waals surface area contributed by atoms with Crippen LogP contribution in [-0.2, 0) is 9.53 Å². The fourth-order valence-electron chi connectivity index (χ4n) is 2.46. The lowest BCUT2D eigenvalue weighted by Crippen LogP contribution is -2.33. The Kier molecular flexibility index (Phi) is 6.38. The Hall–Kier alpha value is -2.77. The molecule has 1 N–H and O–H groups in total. The predicted molar refractivity (Wildman–Crippen MR) is 110 cm³/mol. The molecule has 3 rings (SSSR count). The number of ether oxygens (including phenoxy) is 1. The number of benzene rings is 2. The van der Waals surface area contributed by atoms with Gasteiger partial charge in [0.25, 0.3) is 11.1 Å². The summed E-state index contributed by atoms with van der Waals surface area (Å²) in [5.41, 5.74) is 1.90. The van der Waals surface area contributed by atoms with Gasteiger partial charge >= 0.3 is 5.97 Å². The average molecular weight is 417 g/mol. The number of imide groups is 1. The smallest absolute Gasteiger partial charge is 0.338 e. The van der Waals surface area contributed by atoms with Crippen molar-refractivity contribution in [2.75, 3.05) is 18.6 Å². The lowest BCUT2D eigenvalue weighted by molar-refractivity contribution is -0.122. The van der Waals surface area contributed by atoms with E-state index in [1.165, 1.54) is 0 Å². The average Bonchev–Trinajstić information content (AvgIpc) is 2.95. The lowest BCUT2D eigenvalue weighted by Gasteiger charge is -2.14. The molecule has 2 aromatic carbocycles. The maximum absolute atomic E-state index is 12.5. The van der Waals surface area contributed by atoms with Crippen LogP contribution in [0.5, 0.6) is 0 Å². The van der Waals surface area contributed by atoms with Gasteiger partial charge in [0, 0.05) is 10.7 Å². The summed E-state index contributed by atoms with van der Waals surface area (Å²) in [7, 11) is 0. The van der Waals surface area contributed by atoms with Crippen molar-refractivity contribution < 1.29 is 19.1 Å². The van der Waals surface area contributed by atoms with Crippen LogP contribution in [0.2, 0.25) is 5.02 Å². The summed E-state index contributed by atoms with van der Waals surface area (Å²) in [6, 6.07) is 13.6. The van der Waals surface area contributed by atoms with Crippen LogP contribution in [0.4, 0.5) is 10.5 Å². The topological polar surface area (TPSA) is 75.7 Å². The SMILES string of the molecule is CCOC(=O)c1ccc(NCN2C(=O)S/C(=C/c3ccc(Cl)cc3)C2=O)cc1. The summed E-state index contributed by atoms with van der Waals surface area (Å²) in [6.07, 6.45) is 1.66. The van der Waals surface area contributed by atoms with E-state index in [0.29, 0.717) is 27.8 Å². The van der Waals surface area contributed by atoms with Crippen LogP contribution in [0, 0.1) is 0 Å². The van der Waals surface area contributed by atoms with Crippen molar-refractivity contribution in [3.05, 3.63) is 69.6 Å². The number of halogens is 1. The fraction of sp³-hybridized carbons (Fsp3) is 0.150. The van der Waals surface area contributed by atoms with E-state index in [1.54, 1.807) is 61.5 Å². The second-order valence-corrected chi connectivity index (χ2v) is 7.22. The summed E-state index contributed by atoms with van der Waals surface area (Å²) in [5.74, 6) is -0.757. The van der Waals surface area contributed by atoms with Crippen molar-refractivity contribution in [2.45, 2.75) is 6.92 Å². The molecule has 0 bridgehead atoms. The van der Waals surface area contributed by atoms with Gasteiger partial charge in [-0.1, -0.05) is 23.7 Å².